The number of nitrogens with zero attached hydrogens (tertiary/aromatic N) is 1. The van der Waals surface area contributed by atoms with Crippen LogP contribution < -0.4 is 0 Å². The number of rotatable bonds is 8. The molecule has 0 spiro atoms. The molecule has 0 bridgehead atoms. The van der Waals surface area contributed by atoms with Gasteiger partial charge in [0.2, 0.25) is 0 Å². The molecule has 13 heteroatoms. The van der Waals surface area contributed by atoms with Crippen molar-refractivity contribution in [2.75, 3.05) is 0 Å². The van der Waals surface area contributed by atoms with Gasteiger partial charge in [-0.3, -0.25) is 9.78 Å². The van der Waals surface area contributed by atoms with E-state index in [0.29, 0.717) is 12.1 Å². The monoisotopic (exact) mass is 633 g/mol. The van der Waals surface area contributed by atoms with Crippen LogP contribution >= 0.6 is 0 Å². The van der Waals surface area contributed by atoms with Gasteiger partial charge in [0.05, 0.1) is 4.90 Å². The van der Waals surface area contributed by atoms with Crippen molar-refractivity contribution < 1.29 is 48.3 Å². The quantitative estimate of drug-likeness (QED) is 0.187. The molecule has 0 saturated heterocycles. The van der Waals surface area contributed by atoms with Crippen LogP contribution in [0.1, 0.15) is 55.7 Å². The third-order valence-corrected chi connectivity index (χ3v) is 10.8. The van der Waals surface area contributed by atoms with E-state index in [1.165, 1.54) is 0 Å². The number of halogens is 8. The van der Waals surface area contributed by atoms with Crippen LogP contribution in [0.25, 0.3) is 0 Å². The fraction of sp³-hybridized carbons (Fsp3) is 0.400. The molecular weight excluding hydrogens is 606 g/mol. The summed E-state index contributed by atoms with van der Waals surface area (Å²) in [7, 11) is -4.42. The average molecular weight is 634 g/mol. The second kappa shape index (κ2) is 11.3. The zero-order chi connectivity index (χ0) is 31.9. The van der Waals surface area contributed by atoms with Gasteiger partial charge in [0.1, 0.15) is 16.3 Å². The highest BCUT2D eigenvalue weighted by Crippen LogP contribution is 2.56. The Labute approximate surface area is 243 Å². The predicted molar refractivity (Wildman–Crippen MR) is 141 cm³/mol. The highest BCUT2D eigenvalue weighted by molar-refractivity contribution is 7.92. The molecule has 1 aromatic heterocycles. The zero-order valence-corrected chi connectivity index (χ0v) is 23.6. The Morgan fingerprint density at radius 1 is 0.791 bits per heavy atom. The van der Waals surface area contributed by atoms with Crippen LogP contribution in [0.15, 0.2) is 78.0 Å². The summed E-state index contributed by atoms with van der Waals surface area (Å²) in [5, 5.41) is 0. The first-order chi connectivity index (χ1) is 19.8. The summed E-state index contributed by atoms with van der Waals surface area (Å²) in [6.45, 7) is 1.80. The first kappa shape index (κ1) is 32.6. The largest absolute Gasteiger partial charge is 0.435 e. The molecular formula is C30H27F8NO3S. The summed E-state index contributed by atoms with van der Waals surface area (Å²) in [5.74, 6) is -0.828. The number of carbonyl (C=O) groups is 1. The van der Waals surface area contributed by atoms with Crippen LogP contribution in [0, 0.1) is 11.2 Å². The van der Waals surface area contributed by atoms with Crippen molar-refractivity contribution in [2.45, 2.75) is 73.1 Å². The van der Waals surface area contributed by atoms with Gasteiger partial charge < -0.3 is 0 Å². The van der Waals surface area contributed by atoms with Gasteiger partial charge >= 0.3 is 18.0 Å². The zero-order valence-electron chi connectivity index (χ0n) is 22.8. The van der Waals surface area contributed by atoms with E-state index in [-0.39, 0.29) is 54.8 Å². The smallest absolute Gasteiger partial charge is 0.299 e. The molecule has 0 amide bonds. The fourth-order valence-electron chi connectivity index (χ4n) is 5.74. The highest BCUT2D eigenvalue weighted by Gasteiger charge is 2.73. The lowest BCUT2D eigenvalue weighted by atomic mass is 9.67. The Morgan fingerprint density at radius 2 is 1.30 bits per heavy atom. The van der Waals surface area contributed by atoms with Gasteiger partial charge in [-0.15, -0.1) is 0 Å². The number of hydrogen-bond acceptors (Lipinski definition) is 4. The summed E-state index contributed by atoms with van der Waals surface area (Å²) in [6.07, 6.45) is -9.33. The van der Waals surface area contributed by atoms with Crippen molar-refractivity contribution in [3.63, 3.8) is 0 Å². The molecule has 1 fully saturated rings. The van der Waals surface area contributed by atoms with E-state index in [9.17, 15) is 48.3 Å². The fourth-order valence-corrected chi connectivity index (χ4v) is 7.88. The number of sulfone groups is 1. The summed E-state index contributed by atoms with van der Waals surface area (Å²) in [5.41, 5.74) is -7.48. The molecule has 4 rings (SSSR count). The van der Waals surface area contributed by atoms with Gasteiger partial charge in [-0.25, -0.2) is 17.2 Å². The first-order valence-electron chi connectivity index (χ1n) is 13.2. The summed E-state index contributed by atoms with van der Waals surface area (Å²) in [4.78, 5) is 16.5. The van der Waals surface area contributed by atoms with Crippen molar-refractivity contribution in [1.82, 2.24) is 4.98 Å². The molecule has 2 aromatic carbocycles. The van der Waals surface area contributed by atoms with Crippen molar-refractivity contribution in [3.05, 3.63) is 95.6 Å². The van der Waals surface area contributed by atoms with E-state index >= 15 is 0 Å². The Bertz CT molecular complexity index is 1530. The number of hydrogen-bond donors (Lipinski definition) is 0. The lowest BCUT2D eigenvalue weighted by Crippen LogP contribution is -2.50. The molecule has 3 aromatic rings. The molecule has 43 heavy (non-hydrogen) atoms. The SMILES string of the molecule is CC1(CC(=O)Cc2ccncc2)CCC(c2ccc(C(F)(C(F)(F)F)C(F)(F)F)cc2)(S(=O)(=O)c2ccc(F)cc2)CC1. The Hall–Kier alpha value is -3.35. The lowest BCUT2D eigenvalue weighted by Gasteiger charge is -2.45. The minimum atomic E-state index is -6.33. The normalized spacial score (nSPS) is 21.9. The van der Waals surface area contributed by atoms with Gasteiger partial charge in [0.15, 0.2) is 9.84 Å². The minimum Gasteiger partial charge on any atom is -0.299 e. The third kappa shape index (κ3) is 6.05. The number of pyridine rings is 1. The van der Waals surface area contributed by atoms with E-state index in [0.717, 1.165) is 42.0 Å². The molecule has 4 nitrogen and oxygen atoms in total. The molecule has 1 aliphatic rings. The molecule has 0 unspecified atom stereocenters. The van der Waals surface area contributed by atoms with Crippen molar-refractivity contribution in [1.29, 1.82) is 0 Å². The summed E-state index contributed by atoms with van der Waals surface area (Å²) in [6, 6.07) is 9.37. The summed E-state index contributed by atoms with van der Waals surface area (Å²) < 4.78 is 135. The van der Waals surface area contributed by atoms with E-state index in [4.69, 9.17) is 0 Å². The van der Waals surface area contributed by atoms with Gasteiger partial charge in [0.25, 0.3) is 0 Å². The van der Waals surface area contributed by atoms with Crippen molar-refractivity contribution in [2.24, 2.45) is 5.41 Å². The van der Waals surface area contributed by atoms with Crippen molar-refractivity contribution in [3.8, 4) is 0 Å². The van der Waals surface area contributed by atoms with Gasteiger partial charge in [-0.05, 0) is 78.6 Å². The molecule has 1 heterocycles. The van der Waals surface area contributed by atoms with E-state index < -0.39 is 49.4 Å². The van der Waals surface area contributed by atoms with Gasteiger partial charge in [-0.1, -0.05) is 31.2 Å². The average Bonchev–Trinajstić information content (AvgIpc) is 2.92. The molecule has 232 valence electrons. The molecule has 1 saturated carbocycles. The molecule has 0 radical (unpaired) electrons. The number of Topliss-reactive ketones (excluding diaryl/α,β-unsaturated/α-hetero) is 1. The minimum absolute atomic E-state index is 0.0997. The number of aromatic nitrogens is 1. The Kier molecular flexibility index (Phi) is 8.55. The Balaban J connectivity index is 1.72. The highest BCUT2D eigenvalue weighted by atomic mass is 32.2. The van der Waals surface area contributed by atoms with Crippen LogP contribution in [-0.4, -0.2) is 31.5 Å². The lowest BCUT2D eigenvalue weighted by molar-refractivity contribution is -0.348. The maximum absolute atomic E-state index is 14.7. The number of ketones is 1. The van der Waals surface area contributed by atoms with Crippen LogP contribution in [0.2, 0.25) is 0 Å². The number of alkyl halides is 7. The molecule has 0 aliphatic heterocycles. The maximum Gasteiger partial charge on any atom is 0.435 e. The van der Waals surface area contributed by atoms with E-state index in [1.54, 1.807) is 31.5 Å². The molecule has 0 N–H and O–H groups in total. The van der Waals surface area contributed by atoms with Gasteiger partial charge in [0, 0.05) is 30.8 Å². The third-order valence-electron chi connectivity index (χ3n) is 8.27. The topological polar surface area (TPSA) is 64.1 Å². The second-order valence-corrected chi connectivity index (χ2v) is 13.5. The van der Waals surface area contributed by atoms with Crippen LogP contribution in [0.3, 0.4) is 0 Å². The van der Waals surface area contributed by atoms with E-state index in [1.807, 2.05) is 0 Å². The molecule has 0 atom stereocenters. The van der Waals surface area contributed by atoms with Crippen LogP contribution in [0.5, 0.6) is 0 Å². The standard InChI is InChI=1S/C30H27F8NO3S/c1-26(19-24(40)18-20-10-16-39-17-11-20)12-14-27(15-13-26,43(41,42)25-8-6-23(31)7-9-25)21-2-4-22(5-3-21)28(32,29(33,34)35)30(36,37)38/h2-11,16-17H,12-15,18-19H2,1H3. The maximum atomic E-state index is 14.7. The van der Waals surface area contributed by atoms with Crippen LogP contribution in [-0.2, 0) is 31.5 Å². The van der Waals surface area contributed by atoms with Crippen molar-refractivity contribution >= 4 is 15.6 Å². The summed E-state index contributed by atoms with van der Waals surface area (Å²) >= 11 is 0. The molecule has 1 aliphatic carbocycles. The number of benzene rings is 2. The van der Waals surface area contributed by atoms with E-state index in [2.05, 4.69) is 4.98 Å². The predicted octanol–water partition coefficient (Wildman–Crippen LogP) is 7.96. The second-order valence-electron chi connectivity index (χ2n) is 11.2. The first-order valence-corrected chi connectivity index (χ1v) is 14.7. The number of carbonyl (C=O) groups excluding carboxylic acids is 1. The van der Waals surface area contributed by atoms with Gasteiger partial charge in [-0.2, -0.15) is 26.3 Å². The Morgan fingerprint density at radius 3 is 1.79 bits per heavy atom. The van der Waals surface area contributed by atoms with Crippen LogP contribution in [0.4, 0.5) is 35.1 Å².